The lowest BCUT2D eigenvalue weighted by Crippen LogP contribution is -2.16. The van der Waals surface area contributed by atoms with Gasteiger partial charge in [0, 0.05) is 30.4 Å². The lowest BCUT2D eigenvalue weighted by molar-refractivity contribution is -0.384. The highest BCUT2D eigenvalue weighted by Gasteiger charge is 2.29. The van der Waals surface area contributed by atoms with Gasteiger partial charge in [-0.3, -0.25) is 14.9 Å². The Labute approximate surface area is 85.8 Å². The molecule has 1 amide bonds. The van der Waals surface area contributed by atoms with E-state index in [2.05, 4.69) is 6.58 Å². The van der Waals surface area contributed by atoms with E-state index in [1.54, 1.807) is 13.1 Å². The van der Waals surface area contributed by atoms with E-state index in [1.807, 2.05) is 0 Å². The maximum Gasteiger partial charge on any atom is 0.270 e. The Morgan fingerprint density at radius 1 is 1.40 bits per heavy atom. The summed E-state index contributed by atoms with van der Waals surface area (Å²) < 4.78 is 0. The van der Waals surface area contributed by atoms with E-state index >= 15 is 0 Å². The molecule has 76 valence electrons. The first-order chi connectivity index (χ1) is 7.02. The van der Waals surface area contributed by atoms with Crippen LogP contribution in [0.4, 0.5) is 5.69 Å². The van der Waals surface area contributed by atoms with Gasteiger partial charge in [-0.15, -0.1) is 0 Å². The van der Waals surface area contributed by atoms with Crippen LogP contribution in [-0.4, -0.2) is 22.8 Å². The van der Waals surface area contributed by atoms with E-state index in [1.165, 1.54) is 17.0 Å². The Morgan fingerprint density at radius 2 is 2.07 bits per heavy atom. The number of carbonyl (C=O) groups excluding carboxylic acids is 1. The first-order valence-electron chi connectivity index (χ1n) is 4.28. The van der Waals surface area contributed by atoms with Crippen molar-refractivity contribution in [2.75, 3.05) is 7.05 Å². The summed E-state index contributed by atoms with van der Waals surface area (Å²) in [5, 5.41) is 10.5. The van der Waals surface area contributed by atoms with Gasteiger partial charge < -0.3 is 4.90 Å². The first-order valence-corrected chi connectivity index (χ1v) is 4.28. The molecule has 1 aliphatic rings. The van der Waals surface area contributed by atoms with Crippen LogP contribution in [0, 0.1) is 10.1 Å². The molecule has 5 nitrogen and oxygen atoms in total. The molecule has 1 aromatic carbocycles. The van der Waals surface area contributed by atoms with E-state index < -0.39 is 4.92 Å². The quantitative estimate of drug-likeness (QED) is 0.516. The normalized spacial score (nSPS) is 14.3. The molecule has 0 N–H and O–H groups in total. The molecule has 0 saturated carbocycles. The van der Waals surface area contributed by atoms with Crippen molar-refractivity contribution in [2.45, 2.75) is 0 Å². The third-order valence-corrected chi connectivity index (χ3v) is 2.46. The van der Waals surface area contributed by atoms with Gasteiger partial charge in [0.25, 0.3) is 11.6 Å². The van der Waals surface area contributed by atoms with Crippen LogP contribution in [-0.2, 0) is 0 Å². The zero-order chi connectivity index (χ0) is 11.2. The first kappa shape index (κ1) is 9.39. The Kier molecular flexibility index (Phi) is 1.82. The Hall–Kier alpha value is -2.17. The number of benzene rings is 1. The topological polar surface area (TPSA) is 63.5 Å². The standard InChI is InChI=1S/C10H8N2O3/c1-6-8-4-3-7(12(14)15)5-9(8)10(13)11(6)2/h3-5H,1H2,2H3. The van der Waals surface area contributed by atoms with Crippen LogP contribution in [0.15, 0.2) is 24.8 Å². The third-order valence-electron chi connectivity index (χ3n) is 2.46. The summed E-state index contributed by atoms with van der Waals surface area (Å²) in [6, 6.07) is 4.21. The molecule has 0 aromatic heterocycles. The predicted molar refractivity (Wildman–Crippen MR) is 54.2 cm³/mol. The average molecular weight is 204 g/mol. The van der Waals surface area contributed by atoms with Crippen molar-refractivity contribution in [1.29, 1.82) is 0 Å². The molecular weight excluding hydrogens is 196 g/mol. The van der Waals surface area contributed by atoms with E-state index in [4.69, 9.17) is 0 Å². The smallest absolute Gasteiger partial charge is 0.270 e. The molecule has 0 radical (unpaired) electrons. The van der Waals surface area contributed by atoms with Crippen LogP contribution in [0.1, 0.15) is 15.9 Å². The van der Waals surface area contributed by atoms with Crippen molar-refractivity contribution in [3.8, 4) is 0 Å². The second kappa shape index (κ2) is 2.91. The lowest BCUT2D eigenvalue weighted by Gasteiger charge is -2.07. The largest absolute Gasteiger partial charge is 0.311 e. The number of carbonyl (C=O) groups is 1. The van der Waals surface area contributed by atoms with Crippen molar-refractivity contribution < 1.29 is 9.72 Å². The summed E-state index contributed by atoms with van der Waals surface area (Å²) in [4.78, 5) is 23.0. The summed E-state index contributed by atoms with van der Waals surface area (Å²) in [5.74, 6) is -0.251. The number of nitro groups is 1. The number of amides is 1. The predicted octanol–water partition coefficient (Wildman–Crippen LogP) is 1.65. The molecule has 0 saturated heterocycles. The van der Waals surface area contributed by atoms with Gasteiger partial charge in [-0.1, -0.05) is 6.58 Å². The minimum Gasteiger partial charge on any atom is -0.311 e. The van der Waals surface area contributed by atoms with Crippen LogP contribution in [0.5, 0.6) is 0 Å². The number of nitro benzene ring substituents is 1. The van der Waals surface area contributed by atoms with Crippen LogP contribution in [0.25, 0.3) is 5.70 Å². The van der Waals surface area contributed by atoms with E-state index in [0.717, 1.165) is 0 Å². The van der Waals surface area contributed by atoms with Crippen LogP contribution < -0.4 is 0 Å². The number of hydrogen-bond acceptors (Lipinski definition) is 3. The van der Waals surface area contributed by atoms with Gasteiger partial charge in [0.15, 0.2) is 0 Å². The fraction of sp³-hybridized carbons (Fsp3) is 0.100. The minimum atomic E-state index is -0.519. The Bertz CT molecular complexity index is 493. The molecule has 0 atom stereocenters. The lowest BCUT2D eigenvalue weighted by atomic mass is 10.1. The SMILES string of the molecule is C=C1c2ccc([N+](=O)[O-])cc2C(=O)N1C. The third kappa shape index (κ3) is 1.20. The van der Waals surface area contributed by atoms with Gasteiger partial charge >= 0.3 is 0 Å². The van der Waals surface area contributed by atoms with Crippen LogP contribution in [0.2, 0.25) is 0 Å². The molecular formula is C10H8N2O3. The maximum atomic E-state index is 11.6. The van der Waals surface area contributed by atoms with E-state index in [9.17, 15) is 14.9 Å². The summed E-state index contributed by atoms with van der Waals surface area (Å²) >= 11 is 0. The molecule has 0 spiro atoms. The summed E-state index contributed by atoms with van der Waals surface area (Å²) in [7, 11) is 1.59. The number of fused-ring (bicyclic) bond motifs is 1. The van der Waals surface area contributed by atoms with Crippen molar-refractivity contribution in [3.05, 3.63) is 46.0 Å². The summed E-state index contributed by atoms with van der Waals surface area (Å²) in [6.45, 7) is 3.74. The molecule has 2 rings (SSSR count). The highest BCUT2D eigenvalue weighted by molar-refractivity contribution is 6.09. The Morgan fingerprint density at radius 3 is 2.67 bits per heavy atom. The molecule has 0 aliphatic carbocycles. The minimum absolute atomic E-state index is 0.0785. The number of non-ortho nitro benzene ring substituents is 1. The highest BCUT2D eigenvalue weighted by atomic mass is 16.6. The van der Waals surface area contributed by atoms with Crippen molar-refractivity contribution >= 4 is 17.3 Å². The van der Waals surface area contributed by atoms with Gasteiger partial charge in [-0.25, -0.2) is 0 Å². The monoisotopic (exact) mass is 204 g/mol. The molecule has 1 aromatic rings. The molecule has 15 heavy (non-hydrogen) atoms. The summed E-state index contributed by atoms with van der Waals surface area (Å²) in [5.41, 5.74) is 1.50. The molecule has 1 heterocycles. The van der Waals surface area contributed by atoms with Gasteiger partial charge in [-0.2, -0.15) is 0 Å². The van der Waals surface area contributed by atoms with Gasteiger partial charge in [0.2, 0.25) is 0 Å². The zero-order valence-electron chi connectivity index (χ0n) is 8.06. The zero-order valence-corrected chi connectivity index (χ0v) is 8.06. The fourth-order valence-electron chi connectivity index (χ4n) is 1.56. The highest BCUT2D eigenvalue weighted by Crippen LogP contribution is 2.32. The van der Waals surface area contributed by atoms with Crippen molar-refractivity contribution in [2.24, 2.45) is 0 Å². The van der Waals surface area contributed by atoms with E-state index in [0.29, 0.717) is 16.8 Å². The van der Waals surface area contributed by atoms with Gasteiger partial charge in [0.1, 0.15) is 0 Å². The molecule has 0 bridgehead atoms. The molecule has 1 aliphatic heterocycles. The molecule has 0 unspecified atom stereocenters. The second-order valence-corrected chi connectivity index (χ2v) is 3.30. The van der Waals surface area contributed by atoms with Crippen molar-refractivity contribution in [1.82, 2.24) is 4.90 Å². The number of nitrogens with zero attached hydrogens (tertiary/aromatic N) is 2. The second-order valence-electron chi connectivity index (χ2n) is 3.30. The number of hydrogen-bond donors (Lipinski definition) is 0. The molecule has 0 fully saturated rings. The average Bonchev–Trinajstić information content (AvgIpc) is 2.44. The van der Waals surface area contributed by atoms with Gasteiger partial charge in [-0.05, 0) is 6.07 Å². The van der Waals surface area contributed by atoms with Crippen LogP contribution >= 0.6 is 0 Å². The summed E-state index contributed by atoms with van der Waals surface area (Å²) in [6.07, 6.45) is 0. The van der Waals surface area contributed by atoms with Crippen LogP contribution in [0.3, 0.4) is 0 Å². The number of rotatable bonds is 1. The van der Waals surface area contributed by atoms with E-state index in [-0.39, 0.29) is 11.6 Å². The molecule has 5 heteroatoms. The maximum absolute atomic E-state index is 11.6. The van der Waals surface area contributed by atoms with Gasteiger partial charge in [0.05, 0.1) is 10.5 Å². The Balaban J connectivity index is 2.61. The van der Waals surface area contributed by atoms with Crippen molar-refractivity contribution in [3.63, 3.8) is 0 Å². The fourth-order valence-corrected chi connectivity index (χ4v) is 1.56.